The molecular weight excluding hydrogens is 721 g/mol. The van der Waals surface area contributed by atoms with Crippen molar-refractivity contribution in [2.45, 2.75) is 12.3 Å². The molecule has 0 aromatic heterocycles. The van der Waals surface area contributed by atoms with Gasteiger partial charge in [-0.3, -0.25) is 0 Å². The third kappa shape index (κ3) is 5.24. The number of hydrogen-bond acceptors (Lipinski definition) is 0. The van der Waals surface area contributed by atoms with Gasteiger partial charge in [-0.1, -0.05) is 188 Å². The summed E-state index contributed by atoms with van der Waals surface area (Å²) in [7, 11) is 0. The summed E-state index contributed by atoms with van der Waals surface area (Å²) in [6.07, 6.45) is 0. The topological polar surface area (TPSA) is 0 Å². The predicted molar refractivity (Wildman–Crippen MR) is 256 cm³/mol. The molecule has 1 atom stereocenters. The lowest BCUT2D eigenvalue weighted by atomic mass is 9.73. The molecule has 0 amide bonds. The fraction of sp³-hybridized carbons (Fsp3) is 0.0333. The van der Waals surface area contributed by atoms with Crippen LogP contribution in [0.5, 0.6) is 0 Å². The van der Waals surface area contributed by atoms with Crippen molar-refractivity contribution in [2.24, 2.45) is 0 Å². The van der Waals surface area contributed by atoms with E-state index < -0.39 is 0 Å². The Kier molecular flexibility index (Phi) is 7.77. The molecule has 1 unspecified atom stereocenters. The largest absolute Gasteiger partial charge is 0.0622 e. The molecule has 1 aliphatic carbocycles. The number of hydrogen-bond donors (Lipinski definition) is 0. The lowest BCUT2D eigenvalue weighted by Crippen LogP contribution is -2.22. The van der Waals surface area contributed by atoms with Crippen molar-refractivity contribution < 1.29 is 0 Å². The van der Waals surface area contributed by atoms with Crippen molar-refractivity contribution >= 4 is 43.1 Å². The van der Waals surface area contributed by atoms with Crippen LogP contribution in [0.1, 0.15) is 23.6 Å². The Morgan fingerprint density at radius 3 is 1.53 bits per heavy atom. The average molecular weight is 761 g/mol. The second-order valence-electron chi connectivity index (χ2n) is 16.5. The highest BCUT2D eigenvalue weighted by atomic mass is 14.4. The molecule has 0 spiro atoms. The molecule has 280 valence electrons. The molecule has 11 aromatic rings. The van der Waals surface area contributed by atoms with E-state index in [0.717, 1.165) is 0 Å². The molecule has 0 fully saturated rings. The molecule has 0 saturated heterocycles. The maximum atomic E-state index is 2.49. The standard InChI is InChI=1S/C60H40/c1-60(48-24-9-4-10-25-48)55-38-44(30-31-50(55)54-36-42-22-11-12-23-43(42)37-56(54)60)46-33-45(39-17-5-2-6-18-39)34-47(35-46)57-51-27-15-16-28-52(51)58(41-20-7-3-8-21-41)59-49-26-14-13-19-40(49)29-32-53(57)59/h2-38H,1H3. The van der Waals surface area contributed by atoms with Crippen LogP contribution < -0.4 is 0 Å². The van der Waals surface area contributed by atoms with E-state index in [9.17, 15) is 0 Å². The third-order valence-corrected chi connectivity index (χ3v) is 13.3. The van der Waals surface area contributed by atoms with E-state index in [2.05, 4.69) is 231 Å². The minimum absolute atomic E-state index is 0.327. The predicted octanol–water partition coefficient (Wildman–Crippen LogP) is 16.3. The highest BCUT2D eigenvalue weighted by Crippen LogP contribution is 2.55. The van der Waals surface area contributed by atoms with Gasteiger partial charge < -0.3 is 0 Å². The van der Waals surface area contributed by atoms with Gasteiger partial charge in [0.05, 0.1) is 0 Å². The van der Waals surface area contributed by atoms with Crippen LogP contribution in [-0.4, -0.2) is 0 Å². The second kappa shape index (κ2) is 13.5. The molecule has 0 heteroatoms. The first kappa shape index (κ1) is 34.5. The first-order valence-electron chi connectivity index (χ1n) is 21.0. The number of benzene rings is 11. The summed E-state index contributed by atoms with van der Waals surface area (Å²) in [6.45, 7) is 2.42. The molecule has 0 radical (unpaired) electrons. The van der Waals surface area contributed by atoms with Gasteiger partial charge in [0.1, 0.15) is 0 Å². The summed E-state index contributed by atoms with van der Waals surface area (Å²) in [5, 5.41) is 10.1. The highest BCUT2D eigenvalue weighted by Gasteiger charge is 2.41. The van der Waals surface area contributed by atoms with Gasteiger partial charge in [0.25, 0.3) is 0 Å². The summed E-state index contributed by atoms with van der Waals surface area (Å²) in [5.74, 6) is 0. The Hall–Kier alpha value is -7.54. The molecule has 0 N–H and O–H groups in total. The summed E-state index contributed by atoms with van der Waals surface area (Å²) in [5.41, 5.74) is 16.1. The Morgan fingerprint density at radius 1 is 0.283 bits per heavy atom. The van der Waals surface area contributed by atoms with E-state index in [4.69, 9.17) is 0 Å². The van der Waals surface area contributed by atoms with Crippen molar-refractivity contribution in [3.05, 3.63) is 241 Å². The number of fused-ring (bicyclic) bond motifs is 8. The monoisotopic (exact) mass is 760 g/mol. The minimum Gasteiger partial charge on any atom is -0.0622 e. The lowest BCUT2D eigenvalue weighted by molar-refractivity contribution is 0.715. The zero-order valence-corrected chi connectivity index (χ0v) is 33.4. The van der Waals surface area contributed by atoms with Gasteiger partial charge in [-0.25, -0.2) is 0 Å². The molecule has 0 aliphatic heterocycles. The lowest BCUT2D eigenvalue weighted by Gasteiger charge is -2.29. The zero-order valence-electron chi connectivity index (χ0n) is 33.4. The van der Waals surface area contributed by atoms with E-state index in [-0.39, 0.29) is 5.41 Å². The minimum atomic E-state index is -0.327. The fourth-order valence-corrected chi connectivity index (χ4v) is 10.4. The van der Waals surface area contributed by atoms with Crippen LogP contribution in [0.3, 0.4) is 0 Å². The maximum Gasteiger partial charge on any atom is 0.0435 e. The molecular formula is C60H40. The SMILES string of the molecule is CC1(c2ccccc2)c2cc(-c3cc(-c4ccccc4)cc(-c4c5ccccc5c(-c5ccccc5)c5c4ccc4ccccc45)c3)ccc2-c2cc3ccccc3cc21. The van der Waals surface area contributed by atoms with Crippen LogP contribution in [0.15, 0.2) is 224 Å². The van der Waals surface area contributed by atoms with Crippen LogP contribution in [-0.2, 0) is 5.41 Å². The van der Waals surface area contributed by atoms with E-state index in [0.29, 0.717) is 0 Å². The molecule has 11 aromatic carbocycles. The van der Waals surface area contributed by atoms with Crippen molar-refractivity contribution in [1.29, 1.82) is 0 Å². The van der Waals surface area contributed by atoms with Gasteiger partial charge in [0.2, 0.25) is 0 Å². The van der Waals surface area contributed by atoms with Gasteiger partial charge in [-0.05, 0) is 159 Å². The molecule has 0 heterocycles. The van der Waals surface area contributed by atoms with Crippen molar-refractivity contribution in [3.8, 4) is 55.6 Å². The smallest absolute Gasteiger partial charge is 0.0435 e. The normalized spacial score (nSPS) is 14.5. The van der Waals surface area contributed by atoms with Crippen LogP contribution in [0, 0.1) is 0 Å². The van der Waals surface area contributed by atoms with Gasteiger partial charge in [0, 0.05) is 5.41 Å². The second-order valence-corrected chi connectivity index (χ2v) is 16.5. The molecule has 60 heavy (non-hydrogen) atoms. The molecule has 0 saturated carbocycles. The van der Waals surface area contributed by atoms with Gasteiger partial charge in [-0.2, -0.15) is 0 Å². The van der Waals surface area contributed by atoms with E-state index in [1.807, 2.05) is 0 Å². The van der Waals surface area contributed by atoms with Crippen LogP contribution in [0.4, 0.5) is 0 Å². The van der Waals surface area contributed by atoms with E-state index >= 15 is 0 Å². The molecule has 0 bridgehead atoms. The third-order valence-electron chi connectivity index (χ3n) is 13.3. The summed E-state index contributed by atoms with van der Waals surface area (Å²) in [6, 6.07) is 83.6. The van der Waals surface area contributed by atoms with Crippen LogP contribution in [0.2, 0.25) is 0 Å². The Labute approximate surface area is 350 Å². The van der Waals surface area contributed by atoms with Crippen molar-refractivity contribution in [3.63, 3.8) is 0 Å². The van der Waals surface area contributed by atoms with E-state index in [1.54, 1.807) is 0 Å². The molecule has 1 aliphatic rings. The molecule has 0 nitrogen and oxygen atoms in total. The summed E-state index contributed by atoms with van der Waals surface area (Å²) < 4.78 is 0. The Balaban J connectivity index is 1.15. The van der Waals surface area contributed by atoms with Crippen molar-refractivity contribution in [2.75, 3.05) is 0 Å². The summed E-state index contributed by atoms with van der Waals surface area (Å²) in [4.78, 5) is 0. The quantitative estimate of drug-likeness (QED) is 0.121. The fourth-order valence-electron chi connectivity index (χ4n) is 10.4. The Morgan fingerprint density at radius 2 is 0.817 bits per heavy atom. The Bertz CT molecular complexity index is 3470. The summed E-state index contributed by atoms with van der Waals surface area (Å²) >= 11 is 0. The number of rotatable bonds is 5. The maximum absolute atomic E-state index is 2.49. The first-order chi connectivity index (χ1) is 29.6. The average Bonchev–Trinajstić information content (AvgIpc) is 3.57. The van der Waals surface area contributed by atoms with Crippen molar-refractivity contribution in [1.82, 2.24) is 0 Å². The van der Waals surface area contributed by atoms with Crippen LogP contribution >= 0.6 is 0 Å². The molecule has 12 rings (SSSR count). The first-order valence-corrected chi connectivity index (χ1v) is 21.0. The highest BCUT2D eigenvalue weighted by molar-refractivity contribution is 6.28. The van der Waals surface area contributed by atoms with E-state index in [1.165, 1.54) is 115 Å². The zero-order chi connectivity index (χ0) is 39.8. The van der Waals surface area contributed by atoms with Crippen LogP contribution in [0.25, 0.3) is 98.7 Å². The van der Waals surface area contributed by atoms with Gasteiger partial charge in [0.15, 0.2) is 0 Å². The van der Waals surface area contributed by atoms with Gasteiger partial charge in [-0.15, -0.1) is 0 Å². The van der Waals surface area contributed by atoms with Gasteiger partial charge >= 0.3 is 0 Å².